The zero-order valence-corrected chi connectivity index (χ0v) is 16.3. The maximum Gasteiger partial charge on any atom is 0.416 e. The van der Waals surface area contributed by atoms with Crippen LogP contribution in [-0.2, 0) is 15.8 Å². The molecule has 2 aromatic carbocycles. The average molecular weight is 442 g/mol. The number of carbonyl (C=O) groups is 2. The van der Waals surface area contributed by atoms with Gasteiger partial charge in [-0.25, -0.2) is 0 Å². The molecular weight excluding hydrogens is 427 g/mol. The van der Waals surface area contributed by atoms with Crippen LogP contribution in [-0.4, -0.2) is 23.3 Å². The SMILES string of the molecule is Cc1ccc(N2C[C@H](C(=O)Nc3cc(C(F)(F)F)ccc3Cl)CC2=O)cc1[N+](=O)[O-]. The minimum Gasteiger partial charge on any atom is -0.324 e. The first-order chi connectivity index (χ1) is 14.0. The van der Waals surface area contributed by atoms with Crippen LogP contribution >= 0.6 is 11.6 Å². The summed E-state index contributed by atoms with van der Waals surface area (Å²) in [5.74, 6) is -1.96. The molecule has 2 aromatic rings. The van der Waals surface area contributed by atoms with E-state index in [1.54, 1.807) is 6.92 Å². The standard InChI is InChI=1S/C19H15ClF3N3O4/c1-10-2-4-13(8-16(10)26(29)30)25-9-11(6-17(25)27)18(28)24-15-7-12(19(21,22)23)3-5-14(15)20/h2-5,7-8,11H,6,9H2,1H3,(H,24,28)/t11-/m1/s1. The molecule has 11 heteroatoms. The summed E-state index contributed by atoms with van der Waals surface area (Å²) in [6.07, 6.45) is -4.80. The largest absolute Gasteiger partial charge is 0.416 e. The molecule has 1 aliphatic rings. The highest BCUT2D eigenvalue weighted by atomic mass is 35.5. The number of hydrogen-bond acceptors (Lipinski definition) is 4. The van der Waals surface area contributed by atoms with Crippen LogP contribution in [0.25, 0.3) is 0 Å². The highest BCUT2D eigenvalue weighted by molar-refractivity contribution is 6.33. The lowest BCUT2D eigenvalue weighted by atomic mass is 10.1. The second-order valence-electron chi connectivity index (χ2n) is 6.81. The fraction of sp³-hybridized carbons (Fsp3) is 0.263. The number of halogens is 4. The summed E-state index contributed by atoms with van der Waals surface area (Å²) in [6, 6.07) is 6.82. The number of nitrogens with one attached hydrogen (secondary N) is 1. The van der Waals surface area contributed by atoms with Gasteiger partial charge < -0.3 is 10.2 Å². The molecule has 0 unspecified atom stereocenters. The van der Waals surface area contributed by atoms with E-state index >= 15 is 0 Å². The lowest BCUT2D eigenvalue weighted by Crippen LogP contribution is -2.28. The molecule has 0 bridgehead atoms. The molecule has 0 aliphatic carbocycles. The van der Waals surface area contributed by atoms with Crippen LogP contribution < -0.4 is 10.2 Å². The first kappa shape index (κ1) is 21.6. The minimum absolute atomic E-state index is 0.0680. The van der Waals surface area contributed by atoms with Crippen molar-refractivity contribution in [1.29, 1.82) is 0 Å². The molecule has 0 saturated carbocycles. The third kappa shape index (κ3) is 4.38. The molecule has 1 heterocycles. The number of nitrogens with zero attached hydrogens (tertiary/aromatic N) is 2. The number of benzene rings is 2. The number of alkyl halides is 3. The normalized spacial score (nSPS) is 16.6. The summed E-state index contributed by atoms with van der Waals surface area (Å²) < 4.78 is 38.7. The summed E-state index contributed by atoms with van der Waals surface area (Å²) in [5, 5.41) is 13.4. The van der Waals surface area contributed by atoms with Crippen LogP contribution in [0.5, 0.6) is 0 Å². The van der Waals surface area contributed by atoms with Crippen molar-refractivity contribution >= 4 is 40.5 Å². The van der Waals surface area contributed by atoms with Gasteiger partial charge in [-0.3, -0.25) is 19.7 Å². The first-order valence-corrected chi connectivity index (χ1v) is 9.08. The van der Waals surface area contributed by atoms with E-state index in [0.29, 0.717) is 5.56 Å². The molecule has 0 radical (unpaired) electrons. The van der Waals surface area contributed by atoms with E-state index in [1.165, 1.54) is 23.1 Å². The van der Waals surface area contributed by atoms with E-state index in [1.807, 2.05) is 0 Å². The highest BCUT2D eigenvalue weighted by Crippen LogP contribution is 2.35. The third-order valence-electron chi connectivity index (χ3n) is 4.75. The smallest absolute Gasteiger partial charge is 0.324 e. The number of amides is 2. The molecule has 1 atom stereocenters. The molecule has 158 valence electrons. The van der Waals surface area contributed by atoms with Gasteiger partial charge in [-0.05, 0) is 31.2 Å². The zero-order chi connectivity index (χ0) is 22.2. The van der Waals surface area contributed by atoms with E-state index < -0.39 is 34.4 Å². The van der Waals surface area contributed by atoms with Gasteiger partial charge in [0.15, 0.2) is 0 Å². The van der Waals surface area contributed by atoms with Crippen molar-refractivity contribution in [3.05, 3.63) is 62.7 Å². The number of aryl methyl sites for hydroxylation is 1. The average Bonchev–Trinajstić information content (AvgIpc) is 3.04. The Morgan fingerprint density at radius 2 is 1.97 bits per heavy atom. The monoisotopic (exact) mass is 441 g/mol. The minimum atomic E-state index is -4.61. The number of anilines is 2. The van der Waals surface area contributed by atoms with Gasteiger partial charge in [0, 0.05) is 24.6 Å². The number of nitro benzene ring substituents is 1. The van der Waals surface area contributed by atoms with Crippen molar-refractivity contribution in [1.82, 2.24) is 0 Å². The maximum atomic E-state index is 12.9. The second-order valence-corrected chi connectivity index (χ2v) is 7.22. The molecule has 2 amide bonds. The van der Waals surface area contributed by atoms with E-state index in [2.05, 4.69) is 5.32 Å². The maximum absolute atomic E-state index is 12.9. The van der Waals surface area contributed by atoms with Crippen LogP contribution in [0, 0.1) is 23.0 Å². The van der Waals surface area contributed by atoms with Gasteiger partial charge in [0.1, 0.15) is 0 Å². The molecule has 0 spiro atoms. The Labute approximate surface area is 173 Å². The molecule has 3 rings (SSSR count). The van der Waals surface area contributed by atoms with Crippen molar-refractivity contribution in [3.8, 4) is 0 Å². The Bertz CT molecular complexity index is 1040. The van der Waals surface area contributed by atoms with Gasteiger partial charge in [-0.15, -0.1) is 0 Å². The lowest BCUT2D eigenvalue weighted by molar-refractivity contribution is -0.385. The zero-order valence-electron chi connectivity index (χ0n) is 15.5. The van der Waals surface area contributed by atoms with Crippen LogP contribution in [0.3, 0.4) is 0 Å². The Balaban J connectivity index is 1.78. The van der Waals surface area contributed by atoms with Crippen molar-refractivity contribution in [3.63, 3.8) is 0 Å². The van der Waals surface area contributed by atoms with Gasteiger partial charge in [0.2, 0.25) is 11.8 Å². The van der Waals surface area contributed by atoms with E-state index in [4.69, 9.17) is 11.6 Å². The number of carbonyl (C=O) groups excluding carboxylic acids is 2. The summed E-state index contributed by atoms with van der Waals surface area (Å²) in [6.45, 7) is 1.49. The van der Waals surface area contributed by atoms with E-state index in [9.17, 15) is 32.9 Å². The molecule has 1 aliphatic heterocycles. The molecule has 30 heavy (non-hydrogen) atoms. The lowest BCUT2D eigenvalue weighted by Gasteiger charge is -2.17. The number of rotatable bonds is 4. The first-order valence-electron chi connectivity index (χ1n) is 8.70. The Hall–Kier alpha value is -3.14. The van der Waals surface area contributed by atoms with Gasteiger partial charge in [0.05, 0.1) is 32.8 Å². The van der Waals surface area contributed by atoms with Crippen molar-refractivity contribution < 1.29 is 27.7 Å². The predicted molar refractivity (Wildman–Crippen MR) is 103 cm³/mol. The second kappa shape index (κ2) is 7.94. The predicted octanol–water partition coefficient (Wildman–Crippen LogP) is 4.57. The molecule has 1 fully saturated rings. The summed E-state index contributed by atoms with van der Waals surface area (Å²) >= 11 is 5.89. The van der Waals surface area contributed by atoms with Gasteiger partial charge in [-0.1, -0.05) is 17.7 Å². The topological polar surface area (TPSA) is 92.6 Å². The van der Waals surface area contributed by atoms with Gasteiger partial charge in [0.25, 0.3) is 5.69 Å². The molecule has 1 saturated heterocycles. The van der Waals surface area contributed by atoms with Crippen molar-refractivity contribution in [2.24, 2.45) is 5.92 Å². The summed E-state index contributed by atoms with van der Waals surface area (Å²) in [7, 11) is 0. The number of hydrogen-bond donors (Lipinski definition) is 1. The highest BCUT2D eigenvalue weighted by Gasteiger charge is 2.36. The fourth-order valence-electron chi connectivity index (χ4n) is 3.13. The van der Waals surface area contributed by atoms with Crippen LogP contribution in [0.2, 0.25) is 5.02 Å². The third-order valence-corrected chi connectivity index (χ3v) is 5.08. The fourth-order valence-corrected chi connectivity index (χ4v) is 3.29. The van der Waals surface area contributed by atoms with Crippen LogP contribution in [0.15, 0.2) is 36.4 Å². The van der Waals surface area contributed by atoms with Crippen LogP contribution in [0.4, 0.5) is 30.2 Å². The summed E-state index contributed by atoms with van der Waals surface area (Å²) in [5.41, 5.74) is -0.663. The molecule has 7 nitrogen and oxygen atoms in total. The molecular formula is C19H15ClF3N3O4. The molecule has 0 aromatic heterocycles. The Morgan fingerprint density at radius 3 is 2.60 bits per heavy atom. The van der Waals surface area contributed by atoms with E-state index in [0.717, 1.165) is 18.2 Å². The van der Waals surface area contributed by atoms with Gasteiger partial charge in [-0.2, -0.15) is 13.2 Å². The molecule has 1 N–H and O–H groups in total. The Morgan fingerprint density at radius 1 is 1.27 bits per heavy atom. The van der Waals surface area contributed by atoms with Crippen molar-refractivity contribution in [2.75, 3.05) is 16.8 Å². The quantitative estimate of drug-likeness (QED) is 0.555. The van der Waals surface area contributed by atoms with Crippen molar-refractivity contribution in [2.45, 2.75) is 19.5 Å². The van der Waals surface area contributed by atoms with Gasteiger partial charge >= 0.3 is 6.18 Å². The summed E-state index contributed by atoms with van der Waals surface area (Å²) in [4.78, 5) is 36.7. The number of nitro groups is 1. The Kier molecular flexibility index (Phi) is 5.71. The van der Waals surface area contributed by atoms with Crippen LogP contribution in [0.1, 0.15) is 17.5 Å². The van der Waals surface area contributed by atoms with E-state index in [-0.39, 0.29) is 35.1 Å².